The molecule has 112 valence electrons. The minimum Gasteiger partial charge on any atom is -0.396 e. The zero-order valence-corrected chi connectivity index (χ0v) is 13.2. The van der Waals surface area contributed by atoms with Gasteiger partial charge in [-0.2, -0.15) is 0 Å². The first kappa shape index (κ1) is 16.3. The molecule has 0 radical (unpaired) electrons. The molecule has 0 spiro atoms. The van der Waals surface area contributed by atoms with Crippen molar-refractivity contribution in [3.63, 3.8) is 0 Å². The Labute approximate surface area is 135 Å². The van der Waals surface area contributed by atoms with E-state index in [1.54, 1.807) is 0 Å². The number of benzene rings is 2. The Morgan fingerprint density at radius 3 is 2.24 bits per heavy atom. The lowest BCUT2D eigenvalue weighted by Crippen LogP contribution is -2.21. The Morgan fingerprint density at radius 1 is 0.952 bits per heavy atom. The fraction of sp³-hybridized carbons (Fsp3) is 0.294. The van der Waals surface area contributed by atoms with Gasteiger partial charge in [0.1, 0.15) is 0 Å². The molecule has 0 saturated heterocycles. The van der Waals surface area contributed by atoms with E-state index in [9.17, 15) is 0 Å². The first-order valence-electron chi connectivity index (χ1n) is 7.04. The first-order valence-corrected chi connectivity index (χ1v) is 7.80. The topological polar surface area (TPSA) is 32.3 Å². The van der Waals surface area contributed by atoms with Crippen LogP contribution in [-0.4, -0.2) is 11.7 Å². The monoisotopic (exact) mass is 323 g/mol. The Hall–Kier alpha value is -1.06. The average molecular weight is 324 g/mol. The quantitative estimate of drug-likeness (QED) is 0.780. The van der Waals surface area contributed by atoms with Gasteiger partial charge < -0.3 is 10.4 Å². The molecule has 1 atom stereocenters. The molecule has 2 aromatic carbocycles. The predicted octanol–water partition coefficient (Wildman–Crippen LogP) is 4.60. The average Bonchev–Trinajstić information content (AvgIpc) is 2.50. The number of aliphatic hydroxyl groups excluding tert-OH is 1. The van der Waals surface area contributed by atoms with Crippen molar-refractivity contribution in [3.05, 3.63) is 69.7 Å². The van der Waals surface area contributed by atoms with Crippen LogP contribution in [0.2, 0.25) is 10.0 Å². The Morgan fingerprint density at radius 2 is 1.62 bits per heavy atom. The summed E-state index contributed by atoms with van der Waals surface area (Å²) in [6, 6.07) is 15.9. The van der Waals surface area contributed by atoms with E-state index in [1.807, 2.05) is 36.4 Å². The van der Waals surface area contributed by atoms with Crippen LogP contribution in [0.5, 0.6) is 0 Å². The molecule has 2 aromatic rings. The molecule has 0 aliphatic rings. The lowest BCUT2D eigenvalue weighted by atomic mass is 10.0. The zero-order chi connectivity index (χ0) is 15.1. The number of nitrogens with one attached hydrogen (secondary N) is 1. The van der Waals surface area contributed by atoms with E-state index in [0.29, 0.717) is 16.6 Å². The molecule has 1 unspecified atom stereocenters. The van der Waals surface area contributed by atoms with Crippen LogP contribution in [-0.2, 0) is 6.54 Å². The Balaban J connectivity index is 2.09. The van der Waals surface area contributed by atoms with Crippen LogP contribution in [0, 0.1) is 0 Å². The molecule has 0 amide bonds. The third-order valence-electron chi connectivity index (χ3n) is 3.44. The lowest BCUT2D eigenvalue weighted by Gasteiger charge is -2.20. The Bertz CT molecular complexity index is 540. The van der Waals surface area contributed by atoms with Crippen LogP contribution < -0.4 is 5.32 Å². The van der Waals surface area contributed by atoms with Gasteiger partial charge in [0.05, 0.1) is 0 Å². The number of hydrogen-bond acceptors (Lipinski definition) is 2. The van der Waals surface area contributed by atoms with Crippen LogP contribution in [0.15, 0.2) is 48.5 Å². The summed E-state index contributed by atoms with van der Waals surface area (Å²) in [6.45, 7) is 0.793. The zero-order valence-electron chi connectivity index (χ0n) is 11.7. The van der Waals surface area contributed by atoms with Gasteiger partial charge in [0.25, 0.3) is 0 Å². The first-order chi connectivity index (χ1) is 10.2. The molecule has 0 saturated carbocycles. The number of hydrogen-bond donors (Lipinski definition) is 2. The number of halogens is 2. The summed E-state index contributed by atoms with van der Waals surface area (Å²) >= 11 is 12.4. The lowest BCUT2D eigenvalue weighted by molar-refractivity contribution is 0.275. The van der Waals surface area contributed by atoms with Crippen molar-refractivity contribution in [2.75, 3.05) is 6.61 Å². The van der Waals surface area contributed by atoms with Crippen molar-refractivity contribution in [2.45, 2.75) is 25.4 Å². The maximum Gasteiger partial charge on any atom is 0.0465 e. The van der Waals surface area contributed by atoms with Gasteiger partial charge >= 0.3 is 0 Å². The summed E-state index contributed by atoms with van der Waals surface area (Å²) in [6.07, 6.45) is 1.62. The minimum atomic E-state index is 0.172. The number of aliphatic hydroxyl groups is 1. The van der Waals surface area contributed by atoms with Gasteiger partial charge in [0.2, 0.25) is 0 Å². The smallest absolute Gasteiger partial charge is 0.0465 e. The van der Waals surface area contributed by atoms with Crippen LogP contribution in [0.25, 0.3) is 0 Å². The SMILES string of the molecule is OCCCC(NCc1c(Cl)cccc1Cl)c1ccccc1. The van der Waals surface area contributed by atoms with Crippen molar-refractivity contribution >= 4 is 23.2 Å². The van der Waals surface area contributed by atoms with E-state index in [0.717, 1.165) is 18.4 Å². The van der Waals surface area contributed by atoms with E-state index in [2.05, 4.69) is 17.4 Å². The van der Waals surface area contributed by atoms with Gasteiger partial charge in [-0.15, -0.1) is 0 Å². The fourth-order valence-corrected chi connectivity index (χ4v) is 2.82. The summed E-state index contributed by atoms with van der Waals surface area (Å²) in [5.41, 5.74) is 2.11. The van der Waals surface area contributed by atoms with Gasteiger partial charge in [-0.25, -0.2) is 0 Å². The van der Waals surface area contributed by atoms with Crippen LogP contribution in [0.4, 0.5) is 0 Å². The summed E-state index contributed by atoms with van der Waals surface area (Å²) in [4.78, 5) is 0. The van der Waals surface area contributed by atoms with Gasteiger partial charge in [-0.3, -0.25) is 0 Å². The second-order valence-electron chi connectivity index (χ2n) is 4.91. The molecule has 0 fully saturated rings. The van der Waals surface area contributed by atoms with E-state index >= 15 is 0 Å². The largest absolute Gasteiger partial charge is 0.396 e. The summed E-state index contributed by atoms with van der Waals surface area (Å²) < 4.78 is 0. The summed E-state index contributed by atoms with van der Waals surface area (Å²) in [7, 11) is 0. The molecule has 0 heterocycles. The molecule has 4 heteroatoms. The molecular formula is C17H19Cl2NO. The minimum absolute atomic E-state index is 0.172. The van der Waals surface area contributed by atoms with Crippen molar-refractivity contribution < 1.29 is 5.11 Å². The second kappa shape index (κ2) is 8.40. The normalized spacial score (nSPS) is 12.3. The summed E-state index contributed by atoms with van der Waals surface area (Å²) in [5.74, 6) is 0. The van der Waals surface area contributed by atoms with E-state index < -0.39 is 0 Å². The van der Waals surface area contributed by atoms with Crippen molar-refractivity contribution in [1.82, 2.24) is 5.32 Å². The summed E-state index contributed by atoms with van der Waals surface area (Å²) in [5, 5.41) is 13.9. The van der Waals surface area contributed by atoms with Crippen LogP contribution >= 0.6 is 23.2 Å². The van der Waals surface area contributed by atoms with Gasteiger partial charge in [-0.1, -0.05) is 59.6 Å². The van der Waals surface area contributed by atoms with Gasteiger partial charge in [0.15, 0.2) is 0 Å². The van der Waals surface area contributed by atoms with E-state index in [1.165, 1.54) is 5.56 Å². The maximum absolute atomic E-state index is 9.07. The molecule has 0 aromatic heterocycles. The standard InChI is InChI=1S/C17H19Cl2NO/c18-15-8-4-9-16(19)14(15)12-20-17(10-5-11-21)13-6-2-1-3-7-13/h1-4,6-9,17,20-21H,5,10-12H2. The van der Waals surface area contributed by atoms with Crippen molar-refractivity contribution in [2.24, 2.45) is 0 Å². The Kier molecular flexibility index (Phi) is 6.52. The molecule has 0 aliphatic carbocycles. The molecular weight excluding hydrogens is 305 g/mol. The number of rotatable bonds is 7. The predicted molar refractivity (Wildman–Crippen MR) is 88.8 cm³/mol. The van der Waals surface area contributed by atoms with Gasteiger partial charge in [0, 0.05) is 34.8 Å². The third kappa shape index (κ3) is 4.72. The molecule has 2 rings (SSSR count). The molecule has 0 aliphatic heterocycles. The highest BCUT2D eigenvalue weighted by molar-refractivity contribution is 6.35. The second-order valence-corrected chi connectivity index (χ2v) is 5.72. The van der Waals surface area contributed by atoms with E-state index in [4.69, 9.17) is 28.3 Å². The molecule has 21 heavy (non-hydrogen) atoms. The highest BCUT2D eigenvalue weighted by Gasteiger charge is 2.12. The van der Waals surface area contributed by atoms with E-state index in [-0.39, 0.29) is 12.6 Å². The highest BCUT2D eigenvalue weighted by Crippen LogP contribution is 2.26. The van der Waals surface area contributed by atoms with Crippen LogP contribution in [0.1, 0.15) is 30.0 Å². The highest BCUT2D eigenvalue weighted by atomic mass is 35.5. The molecule has 0 bridgehead atoms. The van der Waals surface area contributed by atoms with Gasteiger partial charge in [-0.05, 0) is 30.5 Å². The van der Waals surface area contributed by atoms with Crippen molar-refractivity contribution in [1.29, 1.82) is 0 Å². The third-order valence-corrected chi connectivity index (χ3v) is 4.15. The molecule has 2 N–H and O–H groups in total. The van der Waals surface area contributed by atoms with Crippen LogP contribution in [0.3, 0.4) is 0 Å². The fourth-order valence-electron chi connectivity index (χ4n) is 2.29. The maximum atomic E-state index is 9.07. The molecule has 2 nitrogen and oxygen atoms in total. The van der Waals surface area contributed by atoms with Crippen molar-refractivity contribution in [3.8, 4) is 0 Å².